The number of carbonyl (C=O) groups is 1. The van der Waals surface area contributed by atoms with Gasteiger partial charge in [0.15, 0.2) is 6.10 Å². The lowest BCUT2D eigenvalue weighted by molar-refractivity contribution is -0.139. The summed E-state index contributed by atoms with van der Waals surface area (Å²) in [5.41, 5.74) is 1.17. The SMILES string of the molecule is Cc1nc(CN(C)C(=O)C(O)c2cc(Cl)cc(Cl)c2)cs1. The molecule has 1 aromatic heterocycles. The Morgan fingerprint density at radius 3 is 2.52 bits per heavy atom. The van der Waals surface area contributed by atoms with Gasteiger partial charge in [-0.15, -0.1) is 11.3 Å². The third-order valence-corrected chi connectivity index (χ3v) is 4.14. The highest BCUT2D eigenvalue weighted by molar-refractivity contribution is 7.09. The summed E-state index contributed by atoms with van der Waals surface area (Å²) in [5.74, 6) is -0.431. The van der Waals surface area contributed by atoms with Gasteiger partial charge in [0.05, 0.1) is 17.2 Å². The van der Waals surface area contributed by atoms with Crippen LogP contribution in [-0.4, -0.2) is 27.9 Å². The van der Waals surface area contributed by atoms with Crippen LogP contribution in [0.4, 0.5) is 0 Å². The van der Waals surface area contributed by atoms with E-state index in [4.69, 9.17) is 23.2 Å². The van der Waals surface area contributed by atoms with Crippen LogP contribution in [0.1, 0.15) is 22.4 Å². The van der Waals surface area contributed by atoms with Crippen molar-refractivity contribution in [1.29, 1.82) is 0 Å². The molecule has 0 aliphatic rings. The molecule has 2 rings (SSSR count). The van der Waals surface area contributed by atoms with Gasteiger partial charge in [0.2, 0.25) is 0 Å². The summed E-state index contributed by atoms with van der Waals surface area (Å²) in [6, 6.07) is 4.60. The van der Waals surface area contributed by atoms with Gasteiger partial charge < -0.3 is 10.0 Å². The summed E-state index contributed by atoms with van der Waals surface area (Å²) in [6.07, 6.45) is -1.30. The van der Waals surface area contributed by atoms with Gasteiger partial charge >= 0.3 is 0 Å². The standard InChI is InChI=1S/C14H14Cl2N2O2S/c1-8-17-12(7-21-8)6-18(2)14(20)13(19)9-3-10(15)5-11(16)4-9/h3-5,7,13,19H,6H2,1-2H3. The van der Waals surface area contributed by atoms with Crippen LogP contribution >= 0.6 is 34.5 Å². The zero-order valence-corrected chi connectivity index (χ0v) is 13.8. The first-order valence-corrected chi connectivity index (χ1v) is 7.80. The van der Waals surface area contributed by atoms with Gasteiger partial charge in [-0.2, -0.15) is 0 Å². The van der Waals surface area contributed by atoms with Crippen molar-refractivity contribution in [2.45, 2.75) is 19.6 Å². The summed E-state index contributed by atoms with van der Waals surface area (Å²) >= 11 is 13.3. The molecule has 7 heteroatoms. The molecule has 1 unspecified atom stereocenters. The van der Waals surface area contributed by atoms with Crippen molar-refractivity contribution >= 4 is 40.4 Å². The minimum atomic E-state index is -1.30. The molecule has 0 radical (unpaired) electrons. The third kappa shape index (κ3) is 4.17. The number of benzene rings is 1. The molecule has 4 nitrogen and oxygen atoms in total. The largest absolute Gasteiger partial charge is 0.378 e. The number of hydrogen-bond acceptors (Lipinski definition) is 4. The molecular weight excluding hydrogens is 331 g/mol. The van der Waals surface area contributed by atoms with Crippen molar-refractivity contribution in [3.8, 4) is 0 Å². The minimum absolute atomic E-state index is 0.342. The van der Waals surface area contributed by atoms with E-state index in [1.54, 1.807) is 13.1 Å². The normalized spacial score (nSPS) is 12.2. The number of likely N-dealkylation sites (N-methyl/N-ethyl adjacent to an activating group) is 1. The quantitative estimate of drug-likeness (QED) is 0.923. The van der Waals surface area contributed by atoms with E-state index >= 15 is 0 Å². The number of nitrogens with zero attached hydrogens (tertiary/aromatic N) is 2. The first kappa shape index (κ1) is 16.2. The van der Waals surface area contributed by atoms with Crippen LogP contribution in [-0.2, 0) is 11.3 Å². The number of rotatable bonds is 4. The maximum Gasteiger partial charge on any atom is 0.256 e. The number of thiazole rings is 1. The van der Waals surface area contributed by atoms with E-state index in [2.05, 4.69) is 4.98 Å². The summed E-state index contributed by atoms with van der Waals surface area (Å²) in [7, 11) is 1.62. The first-order chi connectivity index (χ1) is 9.86. The molecule has 112 valence electrons. The molecule has 1 N–H and O–H groups in total. The number of halogens is 2. The van der Waals surface area contributed by atoms with Gasteiger partial charge in [0.1, 0.15) is 0 Å². The Morgan fingerprint density at radius 1 is 1.38 bits per heavy atom. The van der Waals surface area contributed by atoms with E-state index in [9.17, 15) is 9.90 Å². The number of aromatic nitrogens is 1. The van der Waals surface area contributed by atoms with Crippen LogP contribution in [0.2, 0.25) is 10.0 Å². The van der Waals surface area contributed by atoms with Crippen LogP contribution in [0.5, 0.6) is 0 Å². The number of hydrogen-bond donors (Lipinski definition) is 1. The van der Waals surface area contributed by atoms with E-state index in [0.29, 0.717) is 22.2 Å². The number of amides is 1. The van der Waals surface area contributed by atoms with E-state index in [0.717, 1.165) is 10.7 Å². The van der Waals surface area contributed by atoms with E-state index in [-0.39, 0.29) is 0 Å². The van der Waals surface area contributed by atoms with Crippen molar-refractivity contribution < 1.29 is 9.90 Å². The Morgan fingerprint density at radius 2 is 2.00 bits per heavy atom. The predicted molar refractivity (Wildman–Crippen MR) is 84.7 cm³/mol. The number of aliphatic hydroxyl groups excluding tert-OH is 1. The van der Waals surface area contributed by atoms with Gasteiger partial charge in [-0.05, 0) is 30.7 Å². The van der Waals surface area contributed by atoms with Crippen LogP contribution in [0.15, 0.2) is 23.6 Å². The maximum absolute atomic E-state index is 12.2. The molecule has 1 amide bonds. The zero-order chi connectivity index (χ0) is 15.6. The summed E-state index contributed by atoms with van der Waals surface area (Å²) in [5, 5.41) is 13.7. The van der Waals surface area contributed by atoms with Gasteiger partial charge in [-0.3, -0.25) is 4.79 Å². The fourth-order valence-corrected chi connectivity index (χ4v) is 3.03. The van der Waals surface area contributed by atoms with Crippen LogP contribution in [0, 0.1) is 6.92 Å². The van der Waals surface area contributed by atoms with Crippen molar-refractivity contribution in [2.75, 3.05) is 7.05 Å². The molecular formula is C14H14Cl2N2O2S. The van der Waals surface area contributed by atoms with Crippen LogP contribution in [0.3, 0.4) is 0 Å². The summed E-state index contributed by atoms with van der Waals surface area (Å²) in [6.45, 7) is 2.24. The second-order valence-electron chi connectivity index (χ2n) is 4.66. The molecule has 2 aromatic rings. The molecule has 1 aromatic carbocycles. The fourth-order valence-electron chi connectivity index (χ4n) is 1.89. The van der Waals surface area contributed by atoms with E-state index in [1.807, 2.05) is 12.3 Å². The average Bonchev–Trinajstić information content (AvgIpc) is 2.81. The minimum Gasteiger partial charge on any atom is -0.378 e. The Hall–Kier alpha value is -1.14. The van der Waals surface area contributed by atoms with Crippen molar-refractivity contribution in [3.05, 3.63) is 49.9 Å². The molecule has 0 fully saturated rings. The number of aryl methyl sites for hydroxylation is 1. The highest BCUT2D eigenvalue weighted by atomic mass is 35.5. The Kier molecular flexibility index (Phi) is 5.22. The Balaban J connectivity index is 2.10. The number of aliphatic hydroxyl groups is 1. The van der Waals surface area contributed by atoms with Crippen molar-refractivity contribution in [2.24, 2.45) is 0 Å². The molecule has 21 heavy (non-hydrogen) atoms. The zero-order valence-electron chi connectivity index (χ0n) is 11.5. The Labute approximate surface area is 136 Å². The lowest BCUT2D eigenvalue weighted by Gasteiger charge is -2.20. The second kappa shape index (κ2) is 6.75. The molecule has 0 saturated heterocycles. The average molecular weight is 345 g/mol. The van der Waals surface area contributed by atoms with Crippen molar-refractivity contribution in [3.63, 3.8) is 0 Å². The lowest BCUT2D eigenvalue weighted by Crippen LogP contribution is -2.31. The Bertz CT molecular complexity index is 640. The van der Waals surface area contributed by atoms with Gasteiger partial charge in [0.25, 0.3) is 5.91 Å². The smallest absolute Gasteiger partial charge is 0.256 e. The number of carbonyl (C=O) groups excluding carboxylic acids is 1. The van der Waals surface area contributed by atoms with Gasteiger partial charge in [0, 0.05) is 22.5 Å². The van der Waals surface area contributed by atoms with E-state index in [1.165, 1.54) is 28.4 Å². The summed E-state index contributed by atoms with van der Waals surface area (Å²) in [4.78, 5) is 18.0. The van der Waals surface area contributed by atoms with Crippen LogP contribution in [0.25, 0.3) is 0 Å². The van der Waals surface area contributed by atoms with E-state index < -0.39 is 12.0 Å². The predicted octanol–water partition coefficient (Wildman–Crippen LogP) is 3.45. The monoisotopic (exact) mass is 344 g/mol. The van der Waals surface area contributed by atoms with Gasteiger partial charge in [-0.25, -0.2) is 4.98 Å². The second-order valence-corrected chi connectivity index (χ2v) is 6.59. The molecule has 1 heterocycles. The molecule has 0 saturated carbocycles. The first-order valence-electron chi connectivity index (χ1n) is 6.17. The summed E-state index contributed by atoms with van der Waals surface area (Å²) < 4.78 is 0. The molecule has 0 aliphatic heterocycles. The maximum atomic E-state index is 12.2. The lowest BCUT2D eigenvalue weighted by atomic mass is 10.1. The fraction of sp³-hybridized carbons (Fsp3) is 0.286. The van der Waals surface area contributed by atoms with Crippen LogP contribution < -0.4 is 0 Å². The topological polar surface area (TPSA) is 53.4 Å². The molecule has 0 aliphatic carbocycles. The van der Waals surface area contributed by atoms with Crippen molar-refractivity contribution in [1.82, 2.24) is 9.88 Å². The molecule has 0 spiro atoms. The molecule has 0 bridgehead atoms. The molecule has 1 atom stereocenters. The highest BCUT2D eigenvalue weighted by Gasteiger charge is 2.22. The van der Waals surface area contributed by atoms with Gasteiger partial charge in [-0.1, -0.05) is 23.2 Å². The third-order valence-electron chi connectivity index (χ3n) is 2.88. The highest BCUT2D eigenvalue weighted by Crippen LogP contribution is 2.25.